The van der Waals surface area contributed by atoms with E-state index in [-0.39, 0.29) is 5.92 Å². The summed E-state index contributed by atoms with van der Waals surface area (Å²) in [6, 6.07) is 5.36. The van der Waals surface area contributed by atoms with Crippen molar-refractivity contribution in [3.05, 3.63) is 46.7 Å². The Morgan fingerprint density at radius 2 is 2.00 bits per heavy atom. The number of benzene rings is 1. The molecule has 0 radical (unpaired) electrons. The van der Waals surface area contributed by atoms with Gasteiger partial charge < -0.3 is 14.1 Å². The Kier molecular flexibility index (Phi) is 5.83. The van der Waals surface area contributed by atoms with Crippen LogP contribution in [0.3, 0.4) is 0 Å². The Labute approximate surface area is 182 Å². The SMILES string of the molecule is O=c1c2ccc(N3CCN(Cc4nnc(C5CCOC5)o4)CC3)cc2ncn1CC(F)F. The number of alkyl halides is 2. The van der Waals surface area contributed by atoms with Crippen LogP contribution in [-0.4, -0.2) is 70.5 Å². The van der Waals surface area contributed by atoms with E-state index in [4.69, 9.17) is 9.15 Å². The highest BCUT2D eigenvalue weighted by Crippen LogP contribution is 2.25. The molecule has 0 aliphatic carbocycles. The molecule has 2 fully saturated rings. The molecule has 2 aromatic heterocycles. The van der Waals surface area contributed by atoms with Gasteiger partial charge in [-0.05, 0) is 24.6 Å². The van der Waals surface area contributed by atoms with E-state index in [9.17, 15) is 13.6 Å². The van der Waals surface area contributed by atoms with E-state index in [0.29, 0.717) is 35.8 Å². The molecule has 0 spiro atoms. The minimum absolute atomic E-state index is 0.203. The molecule has 1 aromatic carbocycles. The summed E-state index contributed by atoms with van der Waals surface area (Å²) in [6.07, 6.45) is -0.492. The number of ether oxygens (including phenoxy) is 1. The van der Waals surface area contributed by atoms with Crippen molar-refractivity contribution in [1.82, 2.24) is 24.6 Å². The first-order chi connectivity index (χ1) is 15.6. The van der Waals surface area contributed by atoms with E-state index in [1.54, 1.807) is 6.07 Å². The zero-order valence-corrected chi connectivity index (χ0v) is 17.5. The fraction of sp³-hybridized carbons (Fsp3) is 0.524. The first kappa shape index (κ1) is 21.0. The van der Waals surface area contributed by atoms with Gasteiger partial charge in [0.2, 0.25) is 11.8 Å². The maximum Gasteiger partial charge on any atom is 0.261 e. The van der Waals surface area contributed by atoms with Gasteiger partial charge in [0, 0.05) is 38.5 Å². The lowest BCUT2D eigenvalue weighted by molar-refractivity contribution is 0.125. The monoisotopic (exact) mass is 446 g/mol. The van der Waals surface area contributed by atoms with Gasteiger partial charge in [0.05, 0.1) is 42.8 Å². The molecule has 2 saturated heterocycles. The number of halogens is 2. The Bertz CT molecular complexity index is 1140. The molecular formula is C21H24F2N6O3. The number of rotatable bonds is 6. The maximum atomic E-state index is 12.6. The van der Waals surface area contributed by atoms with Gasteiger partial charge in [-0.2, -0.15) is 0 Å². The van der Waals surface area contributed by atoms with Crippen LogP contribution in [0.25, 0.3) is 10.9 Å². The highest BCUT2D eigenvalue weighted by Gasteiger charge is 2.25. The van der Waals surface area contributed by atoms with Crippen LogP contribution >= 0.6 is 0 Å². The Morgan fingerprint density at radius 3 is 2.75 bits per heavy atom. The van der Waals surface area contributed by atoms with Crippen molar-refractivity contribution >= 4 is 16.6 Å². The van der Waals surface area contributed by atoms with Crippen molar-refractivity contribution in [1.29, 1.82) is 0 Å². The molecule has 2 aliphatic rings. The smallest absolute Gasteiger partial charge is 0.261 e. The molecule has 9 nitrogen and oxygen atoms in total. The molecule has 32 heavy (non-hydrogen) atoms. The van der Waals surface area contributed by atoms with Gasteiger partial charge in [-0.25, -0.2) is 13.8 Å². The van der Waals surface area contributed by atoms with Crippen LogP contribution in [0.5, 0.6) is 0 Å². The van der Waals surface area contributed by atoms with Gasteiger partial charge in [0.15, 0.2) is 0 Å². The highest BCUT2D eigenvalue weighted by molar-refractivity contribution is 5.81. The van der Waals surface area contributed by atoms with E-state index < -0.39 is 18.5 Å². The third-order valence-electron chi connectivity index (χ3n) is 6.00. The average molecular weight is 446 g/mol. The summed E-state index contributed by atoms with van der Waals surface area (Å²) in [7, 11) is 0. The van der Waals surface area contributed by atoms with Crippen molar-refractivity contribution in [3.63, 3.8) is 0 Å². The van der Waals surface area contributed by atoms with Gasteiger partial charge in [0.25, 0.3) is 12.0 Å². The fourth-order valence-electron chi connectivity index (χ4n) is 4.20. The normalized spacial score (nSPS) is 20.0. The molecule has 0 N–H and O–H groups in total. The molecule has 0 saturated carbocycles. The van der Waals surface area contributed by atoms with E-state index in [1.807, 2.05) is 12.1 Å². The second-order valence-corrected chi connectivity index (χ2v) is 8.15. The number of nitrogens with zero attached hydrogens (tertiary/aromatic N) is 6. The van der Waals surface area contributed by atoms with E-state index >= 15 is 0 Å². The van der Waals surface area contributed by atoms with Gasteiger partial charge in [-0.1, -0.05) is 0 Å². The lowest BCUT2D eigenvalue weighted by Crippen LogP contribution is -2.46. The van der Waals surface area contributed by atoms with E-state index in [0.717, 1.165) is 49.5 Å². The zero-order chi connectivity index (χ0) is 22.1. The Hall–Kier alpha value is -2.92. The minimum Gasteiger partial charge on any atom is -0.423 e. The summed E-state index contributed by atoms with van der Waals surface area (Å²) >= 11 is 0. The van der Waals surface area contributed by atoms with Crippen molar-refractivity contribution < 1.29 is 17.9 Å². The number of aromatic nitrogens is 4. The van der Waals surface area contributed by atoms with Crippen LogP contribution in [0.4, 0.5) is 14.5 Å². The van der Waals surface area contributed by atoms with Gasteiger partial charge in [-0.3, -0.25) is 14.3 Å². The minimum atomic E-state index is -2.60. The van der Waals surface area contributed by atoms with Gasteiger partial charge in [0.1, 0.15) is 0 Å². The topological polar surface area (TPSA) is 89.5 Å². The molecule has 170 valence electrons. The fourth-order valence-corrected chi connectivity index (χ4v) is 4.20. The van der Waals surface area contributed by atoms with Gasteiger partial charge in [-0.15, -0.1) is 10.2 Å². The van der Waals surface area contributed by atoms with Crippen LogP contribution < -0.4 is 10.5 Å². The lowest BCUT2D eigenvalue weighted by Gasteiger charge is -2.35. The Morgan fingerprint density at radius 1 is 1.16 bits per heavy atom. The van der Waals surface area contributed by atoms with Crippen molar-refractivity contribution in [3.8, 4) is 0 Å². The van der Waals surface area contributed by atoms with E-state index in [2.05, 4.69) is 25.0 Å². The van der Waals surface area contributed by atoms with Gasteiger partial charge >= 0.3 is 0 Å². The molecule has 0 amide bonds. The van der Waals surface area contributed by atoms with Crippen LogP contribution in [-0.2, 0) is 17.8 Å². The average Bonchev–Trinajstić information content (AvgIpc) is 3.48. The predicted octanol–water partition coefficient (Wildman–Crippen LogP) is 1.87. The molecule has 3 aromatic rings. The van der Waals surface area contributed by atoms with Crippen LogP contribution in [0, 0.1) is 0 Å². The second kappa shape index (κ2) is 8.91. The number of piperazine rings is 1. The lowest BCUT2D eigenvalue weighted by atomic mass is 10.1. The zero-order valence-electron chi connectivity index (χ0n) is 17.5. The van der Waals surface area contributed by atoms with Crippen LogP contribution in [0.2, 0.25) is 0 Å². The van der Waals surface area contributed by atoms with E-state index in [1.165, 1.54) is 6.33 Å². The summed E-state index contributed by atoms with van der Waals surface area (Å²) in [5, 5.41) is 8.70. The third-order valence-corrected chi connectivity index (χ3v) is 6.00. The summed E-state index contributed by atoms with van der Waals surface area (Å²) in [6.45, 7) is 4.58. The van der Waals surface area contributed by atoms with Crippen molar-refractivity contribution in [2.75, 3.05) is 44.3 Å². The molecule has 1 unspecified atom stereocenters. The Balaban J connectivity index is 1.21. The molecule has 0 bridgehead atoms. The number of anilines is 1. The van der Waals surface area contributed by atoms with Crippen LogP contribution in [0.15, 0.2) is 33.7 Å². The predicted molar refractivity (Wildman–Crippen MR) is 112 cm³/mol. The first-order valence-electron chi connectivity index (χ1n) is 10.7. The summed E-state index contributed by atoms with van der Waals surface area (Å²) < 4.78 is 37.4. The summed E-state index contributed by atoms with van der Waals surface area (Å²) in [4.78, 5) is 21.1. The summed E-state index contributed by atoms with van der Waals surface area (Å²) in [5.41, 5.74) is 1.02. The first-order valence-corrected chi connectivity index (χ1v) is 10.7. The molecule has 2 aliphatic heterocycles. The molecule has 1 atom stereocenters. The number of fused-ring (bicyclic) bond motifs is 1. The summed E-state index contributed by atoms with van der Waals surface area (Å²) in [5.74, 6) is 1.48. The third kappa shape index (κ3) is 4.35. The van der Waals surface area contributed by atoms with Crippen molar-refractivity contribution in [2.24, 2.45) is 0 Å². The number of hydrogen-bond acceptors (Lipinski definition) is 8. The standard InChI is InChI=1S/C21H24F2N6O3/c22-18(23)10-29-13-24-17-9-15(1-2-16(17)21(29)30)28-6-4-27(5-7-28)11-19-25-26-20(32-19)14-3-8-31-12-14/h1-2,9,13-14,18H,3-8,10-12H2. The molecular weight excluding hydrogens is 422 g/mol. The quantitative estimate of drug-likeness (QED) is 0.567. The maximum absolute atomic E-state index is 12.6. The highest BCUT2D eigenvalue weighted by atomic mass is 19.3. The van der Waals surface area contributed by atoms with Crippen molar-refractivity contribution in [2.45, 2.75) is 31.9 Å². The number of hydrogen-bond donors (Lipinski definition) is 0. The molecule has 11 heteroatoms. The second-order valence-electron chi connectivity index (χ2n) is 8.15. The largest absolute Gasteiger partial charge is 0.423 e. The molecule has 5 rings (SSSR count). The van der Waals surface area contributed by atoms with Crippen LogP contribution in [0.1, 0.15) is 24.1 Å². The molecule has 4 heterocycles.